The van der Waals surface area contributed by atoms with Gasteiger partial charge in [-0.3, -0.25) is 9.36 Å². The maximum Gasteiger partial charge on any atom is 0.418 e. The highest BCUT2D eigenvalue weighted by Crippen LogP contribution is 2.08. The number of hydrogen-bond acceptors (Lipinski definition) is 3. The summed E-state index contributed by atoms with van der Waals surface area (Å²) >= 11 is 0. The molecule has 0 aromatic carbocycles. The van der Waals surface area contributed by atoms with Gasteiger partial charge in [-0.1, -0.05) is 6.92 Å². The predicted molar refractivity (Wildman–Crippen MR) is 61.7 cm³/mol. The van der Waals surface area contributed by atoms with Crippen molar-refractivity contribution in [1.29, 1.82) is 0 Å². The van der Waals surface area contributed by atoms with Gasteiger partial charge in [0.1, 0.15) is 5.60 Å². The molecule has 0 unspecified atom stereocenters. The third-order valence-electron chi connectivity index (χ3n) is 1.98. The standard InChI is InChI=1S/C12H17NO3/c1-5-9-8-13(7-6-10(9)14)11(15)16-12(2,3)4/h6-8H,5H2,1-4H3. The fourth-order valence-corrected chi connectivity index (χ4v) is 1.22. The van der Waals surface area contributed by atoms with Crippen LogP contribution in [0.1, 0.15) is 33.3 Å². The summed E-state index contributed by atoms with van der Waals surface area (Å²) in [7, 11) is 0. The zero-order valence-electron chi connectivity index (χ0n) is 10.1. The largest absolute Gasteiger partial charge is 0.443 e. The normalized spacial score (nSPS) is 11.2. The van der Waals surface area contributed by atoms with Gasteiger partial charge in [0, 0.05) is 24.0 Å². The highest BCUT2D eigenvalue weighted by Gasteiger charge is 2.17. The van der Waals surface area contributed by atoms with Crippen molar-refractivity contribution in [3.05, 3.63) is 34.2 Å². The number of hydrogen-bond donors (Lipinski definition) is 0. The Balaban J connectivity index is 2.97. The van der Waals surface area contributed by atoms with Crippen LogP contribution in [0.4, 0.5) is 4.79 Å². The lowest BCUT2D eigenvalue weighted by molar-refractivity contribution is 0.0535. The van der Waals surface area contributed by atoms with Gasteiger partial charge in [-0.25, -0.2) is 4.79 Å². The summed E-state index contributed by atoms with van der Waals surface area (Å²) in [5.41, 5.74) is 0.0164. The zero-order chi connectivity index (χ0) is 12.3. The summed E-state index contributed by atoms with van der Waals surface area (Å²) < 4.78 is 6.48. The maximum atomic E-state index is 11.7. The zero-order valence-corrected chi connectivity index (χ0v) is 10.1. The van der Waals surface area contributed by atoms with E-state index in [1.165, 1.54) is 23.0 Å². The Bertz CT molecular complexity index is 440. The Morgan fingerprint density at radius 2 is 2.06 bits per heavy atom. The molecule has 0 bridgehead atoms. The van der Waals surface area contributed by atoms with E-state index >= 15 is 0 Å². The molecule has 0 saturated carbocycles. The van der Waals surface area contributed by atoms with Crippen LogP contribution < -0.4 is 5.43 Å². The highest BCUT2D eigenvalue weighted by molar-refractivity contribution is 5.70. The first-order chi connectivity index (χ1) is 7.33. The van der Waals surface area contributed by atoms with Gasteiger partial charge in [-0.2, -0.15) is 0 Å². The van der Waals surface area contributed by atoms with E-state index in [0.29, 0.717) is 12.0 Å². The first-order valence-electron chi connectivity index (χ1n) is 5.28. The summed E-state index contributed by atoms with van der Waals surface area (Å²) in [5, 5.41) is 0. The molecule has 88 valence electrons. The quantitative estimate of drug-likeness (QED) is 0.733. The van der Waals surface area contributed by atoms with E-state index in [1.54, 1.807) is 20.8 Å². The highest BCUT2D eigenvalue weighted by atomic mass is 16.6. The second-order valence-corrected chi connectivity index (χ2v) is 4.58. The molecule has 0 aliphatic carbocycles. The van der Waals surface area contributed by atoms with Crippen LogP contribution in [0, 0.1) is 0 Å². The van der Waals surface area contributed by atoms with Gasteiger partial charge in [0.05, 0.1) is 0 Å². The molecule has 16 heavy (non-hydrogen) atoms. The van der Waals surface area contributed by atoms with Crippen molar-refractivity contribution in [1.82, 2.24) is 4.57 Å². The molecule has 0 spiro atoms. The molecular formula is C12H17NO3. The van der Waals surface area contributed by atoms with Crippen molar-refractivity contribution in [2.24, 2.45) is 0 Å². The number of rotatable bonds is 1. The van der Waals surface area contributed by atoms with Crippen LogP contribution in [-0.4, -0.2) is 16.3 Å². The summed E-state index contributed by atoms with van der Waals surface area (Å²) in [4.78, 5) is 23.0. The molecule has 0 aliphatic rings. The van der Waals surface area contributed by atoms with Gasteiger partial charge in [0.2, 0.25) is 0 Å². The van der Waals surface area contributed by atoms with E-state index in [9.17, 15) is 9.59 Å². The van der Waals surface area contributed by atoms with Crippen LogP contribution in [0.2, 0.25) is 0 Å². The lowest BCUT2D eigenvalue weighted by Crippen LogP contribution is -2.28. The maximum absolute atomic E-state index is 11.7. The Labute approximate surface area is 94.9 Å². The minimum atomic E-state index is -0.535. The van der Waals surface area contributed by atoms with E-state index in [-0.39, 0.29) is 5.43 Å². The third kappa shape index (κ3) is 3.22. The monoisotopic (exact) mass is 223 g/mol. The molecule has 1 aromatic rings. The Kier molecular flexibility index (Phi) is 3.52. The minimum Gasteiger partial charge on any atom is -0.443 e. The molecule has 1 rings (SSSR count). The van der Waals surface area contributed by atoms with Crippen molar-refractivity contribution < 1.29 is 9.53 Å². The predicted octanol–water partition coefficient (Wildman–Crippen LogP) is 2.19. The molecule has 1 heterocycles. The number of nitrogens with zero attached hydrogens (tertiary/aromatic N) is 1. The average Bonchev–Trinajstić information content (AvgIpc) is 2.15. The van der Waals surface area contributed by atoms with Crippen LogP contribution in [0.15, 0.2) is 23.3 Å². The van der Waals surface area contributed by atoms with Crippen molar-refractivity contribution in [2.45, 2.75) is 39.7 Å². The second kappa shape index (κ2) is 4.51. The molecule has 4 nitrogen and oxygen atoms in total. The smallest absolute Gasteiger partial charge is 0.418 e. The van der Waals surface area contributed by atoms with Gasteiger partial charge in [-0.15, -0.1) is 0 Å². The third-order valence-corrected chi connectivity index (χ3v) is 1.98. The van der Waals surface area contributed by atoms with Gasteiger partial charge < -0.3 is 4.74 Å². The second-order valence-electron chi connectivity index (χ2n) is 4.58. The number of carbonyl (C=O) groups excluding carboxylic acids is 1. The van der Waals surface area contributed by atoms with E-state index in [2.05, 4.69) is 0 Å². The molecule has 1 aromatic heterocycles. The molecule has 0 radical (unpaired) electrons. The van der Waals surface area contributed by atoms with E-state index in [4.69, 9.17) is 4.74 Å². The van der Waals surface area contributed by atoms with Crippen molar-refractivity contribution in [3.63, 3.8) is 0 Å². The molecule has 0 fully saturated rings. The molecule has 4 heteroatoms. The number of carbonyl (C=O) groups is 1. The van der Waals surface area contributed by atoms with Crippen molar-refractivity contribution in [2.75, 3.05) is 0 Å². The number of aromatic nitrogens is 1. The van der Waals surface area contributed by atoms with Crippen LogP contribution in [-0.2, 0) is 11.2 Å². The van der Waals surface area contributed by atoms with E-state index in [1.807, 2.05) is 6.92 Å². The Morgan fingerprint density at radius 3 is 2.56 bits per heavy atom. The first-order valence-corrected chi connectivity index (χ1v) is 5.28. The van der Waals surface area contributed by atoms with E-state index in [0.717, 1.165) is 0 Å². The van der Waals surface area contributed by atoms with Crippen molar-refractivity contribution in [3.8, 4) is 0 Å². The van der Waals surface area contributed by atoms with E-state index < -0.39 is 11.7 Å². The molecule has 0 aliphatic heterocycles. The van der Waals surface area contributed by atoms with Crippen LogP contribution in [0.25, 0.3) is 0 Å². The molecule has 0 atom stereocenters. The summed E-state index contributed by atoms with van der Waals surface area (Å²) in [6.45, 7) is 7.27. The molecular weight excluding hydrogens is 206 g/mol. The SMILES string of the molecule is CCc1cn(C(=O)OC(C)(C)C)ccc1=O. The Morgan fingerprint density at radius 1 is 1.44 bits per heavy atom. The Hall–Kier alpha value is -1.58. The number of pyridine rings is 1. The summed E-state index contributed by atoms with van der Waals surface area (Å²) in [6, 6.07) is 1.38. The van der Waals surface area contributed by atoms with Crippen LogP contribution in [0.3, 0.4) is 0 Å². The average molecular weight is 223 g/mol. The lowest BCUT2D eigenvalue weighted by Gasteiger charge is -2.20. The lowest BCUT2D eigenvalue weighted by atomic mass is 10.2. The summed E-state index contributed by atoms with van der Waals surface area (Å²) in [6.07, 6.45) is 3.08. The molecule has 0 saturated heterocycles. The number of ether oxygens (including phenoxy) is 1. The number of aryl methyl sites for hydroxylation is 1. The van der Waals surface area contributed by atoms with Crippen LogP contribution in [0.5, 0.6) is 0 Å². The van der Waals surface area contributed by atoms with Gasteiger partial charge in [-0.05, 0) is 27.2 Å². The summed E-state index contributed by atoms with van der Waals surface area (Å²) in [5.74, 6) is 0. The van der Waals surface area contributed by atoms with Gasteiger partial charge in [0.15, 0.2) is 5.43 Å². The van der Waals surface area contributed by atoms with Crippen LogP contribution >= 0.6 is 0 Å². The fourth-order valence-electron chi connectivity index (χ4n) is 1.22. The molecule has 0 N–H and O–H groups in total. The first kappa shape index (κ1) is 12.5. The van der Waals surface area contributed by atoms with Crippen molar-refractivity contribution >= 4 is 6.09 Å². The topological polar surface area (TPSA) is 48.3 Å². The minimum absolute atomic E-state index is 0.0534. The van der Waals surface area contributed by atoms with Gasteiger partial charge in [0.25, 0.3) is 0 Å². The van der Waals surface area contributed by atoms with Gasteiger partial charge >= 0.3 is 6.09 Å². The fraction of sp³-hybridized carbons (Fsp3) is 0.500. The molecule has 0 amide bonds.